The average molecular weight is 229 g/mol. The topological polar surface area (TPSA) is 52.9 Å². The average Bonchev–Trinajstić information content (AvgIpc) is 2.22. The van der Waals surface area contributed by atoms with Crippen molar-refractivity contribution in [1.82, 2.24) is 4.90 Å². The standard InChI is InChI=1S/C12H23NO3/c1-13-5-3-12(15,4-6-13)11(9-14)7-10(8-11)16-2/h10,14-15H,3-9H2,1-2H3. The molecule has 0 aromatic heterocycles. The van der Waals surface area contributed by atoms with Crippen molar-refractivity contribution < 1.29 is 14.9 Å². The Hall–Kier alpha value is -0.160. The highest BCUT2D eigenvalue weighted by molar-refractivity contribution is 5.08. The molecule has 0 atom stereocenters. The first-order valence-corrected chi connectivity index (χ1v) is 6.10. The minimum atomic E-state index is -0.691. The molecule has 2 rings (SSSR count). The van der Waals surface area contributed by atoms with Gasteiger partial charge in [0.15, 0.2) is 0 Å². The van der Waals surface area contributed by atoms with Crippen LogP contribution in [0.15, 0.2) is 0 Å². The smallest absolute Gasteiger partial charge is 0.0751 e. The maximum Gasteiger partial charge on any atom is 0.0751 e. The fourth-order valence-corrected chi connectivity index (χ4v) is 3.15. The van der Waals surface area contributed by atoms with Crippen LogP contribution in [0, 0.1) is 5.41 Å². The molecule has 2 N–H and O–H groups in total. The highest BCUT2D eigenvalue weighted by Gasteiger charge is 2.58. The van der Waals surface area contributed by atoms with E-state index in [1.807, 2.05) is 0 Å². The third-order valence-electron chi connectivity index (χ3n) is 4.67. The molecule has 0 aromatic carbocycles. The Morgan fingerprint density at radius 1 is 1.31 bits per heavy atom. The fraction of sp³-hybridized carbons (Fsp3) is 1.00. The summed E-state index contributed by atoms with van der Waals surface area (Å²) in [5, 5.41) is 20.3. The molecule has 16 heavy (non-hydrogen) atoms. The van der Waals surface area contributed by atoms with E-state index < -0.39 is 5.60 Å². The summed E-state index contributed by atoms with van der Waals surface area (Å²) >= 11 is 0. The normalized spacial score (nSPS) is 39.4. The highest BCUT2D eigenvalue weighted by atomic mass is 16.5. The lowest BCUT2D eigenvalue weighted by Gasteiger charge is -2.57. The maximum absolute atomic E-state index is 10.7. The number of ether oxygens (including phenoxy) is 1. The van der Waals surface area contributed by atoms with Gasteiger partial charge in [-0.1, -0.05) is 0 Å². The Morgan fingerprint density at radius 3 is 2.31 bits per heavy atom. The van der Waals surface area contributed by atoms with Crippen LogP contribution in [0.25, 0.3) is 0 Å². The third-order valence-corrected chi connectivity index (χ3v) is 4.67. The number of nitrogens with zero attached hydrogens (tertiary/aromatic N) is 1. The van der Waals surface area contributed by atoms with Crippen LogP contribution in [0.4, 0.5) is 0 Å². The molecule has 0 aromatic rings. The summed E-state index contributed by atoms with van der Waals surface area (Å²) in [6, 6.07) is 0. The van der Waals surface area contributed by atoms with E-state index >= 15 is 0 Å². The molecule has 0 unspecified atom stereocenters. The number of hydrogen-bond donors (Lipinski definition) is 2. The van der Waals surface area contributed by atoms with E-state index in [9.17, 15) is 10.2 Å². The van der Waals surface area contributed by atoms with Crippen molar-refractivity contribution in [3.8, 4) is 0 Å². The Kier molecular flexibility index (Phi) is 3.27. The zero-order valence-electron chi connectivity index (χ0n) is 10.3. The lowest BCUT2D eigenvalue weighted by Crippen LogP contribution is -2.63. The molecule has 4 heteroatoms. The van der Waals surface area contributed by atoms with E-state index in [2.05, 4.69) is 11.9 Å². The Labute approximate surface area is 97.2 Å². The van der Waals surface area contributed by atoms with Gasteiger partial charge in [-0.25, -0.2) is 0 Å². The number of rotatable bonds is 3. The zero-order valence-corrected chi connectivity index (χ0v) is 10.3. The molecule has 0 spiro atoms. The maximum atomic E-state index is 10.7. The molecule has 1 saturated heterocycles. The van der Waals surface area contributed by atoms with Crippen molar-refractivity contribution in [1.29, 1.82) is 0 Å². The van der Waals surface area contributed by atoms with Gasteiger partial charge in [0, 0.05) is 25.6 Å². The van der Waals surface area contributed by atoms with Crippen LogP contribution in [-0.4, -0.2) is 60.7 Å². The first-order chi connectivity index (χ1) is 7.55. The lowest BCUT2D eigenvalue weighted by atomic mass is 9.55. The van der Waals surface area contributed by atoms with Gasteiger partial charge >= 0.3 is 0 Å². The minimum Gasteiger partial charge on any atom is -0.396 e. The summed E-state index contributed by atoms with van der Waals surface area (Å²) in [6.45, 7) is 1.90. The molecule has 0 amide bonds. The number of methoxy groups -OCH3 is 1. The summed E-state index contributed by atoms with van der Waals surface area (Å²) in [5.74, 6) is 0. The van der Waals surface area contributed by atoms with Crippen LogP contribution in [0.1, 0.15) is 25.7 Å². The zero-order chi connectivity index (χ0) is 11.8. The third kappa shape index (κ3) is 1.78. The van der Waals surface area contributed by atoms with Crippen LogP contribution in [0.5, 0.6) is 0 Å². The monoisotopic (exact) mass is 229 g/mol. The summed E-state index contributed by atoms with van der Waals surface area (Å²) in [6.07, 6.45) is 3.33. The molecule has 4 nitrogen and oxygen atoms in total. The summed E-state index contributed by atoms with van der Waals surface area (Å²) < 4.78 is 5.27. The fourth-order valence-electron chi connectivity index (χ4n) is 3.15. The quantitative estimate of drug-likeness (QED) is 0.727. The largest absolute Gasteiger partial charge is 0.396 e. The molecule has 1 aliphatic heterocycles. The molecule has 94 valence electrons. The summed E-state index contributed by atoms with van der Waals surface area (Å²) in [5.41, 5.74) is -1.00. The van der Waals surface area contributed by atoms with Gasteiger partial charge in [0.1, 0.15) is 0 Å². The molecule has 2 aliphatic rings. The van der Waals surface area contributed by atoms with E-state index in [0.29, 0.717) is 0 Å². The second-order valence-electron chi connectivity index (χ2n) is 5.54. The molecule has 0 bridgehead atoms. The highest BCUT2D eigenvalue weighted by Crippen LogP contribution is 2.53. The predicted octanol–water partition coefficient (Wildman–Crippen LogP) is 0.231. The Balaban J connectivity index is 2.04. The predicted molar refractivity (Wildman–Crippen MR) is 61.2 cm³/mol. The number of piperidine rings is 1. The van der Waals surface area contributed by atoms with Crippen LogP contribution < -0.4 is 0 Å². The number of likely N-dealkylation sites (tertiary alicyclic amines) is 1. The molecule has 2 fully saturated rings. The van der Waals surface area contributed by atoms with E-state index in [1.165, 1.54) is 0 Å². The number of aliphatic hydroxyl groups is 2. The molecule has 1 saturated carbocycles. The van der Waals surface area contributed by atoms with Crippen molar-refractivity contribution >= 4 is 0 Å². The SMILES string of the molecule is COC1CC(CO)(C2(O)CCN(C)CC2)C1. The van der Waals surface area contributed by atoms with Crippen molar-refractivity contribution in [3.63, 3.8) is 0 Å². The summed E-state index contributed by atoms with van der Waals surface area (Å²) in [7, 11) is 3.77. The van der Waals surface area contributed by atoms with Crippen molar-refractivity contribution in [2.75, 3.05) is 33.9 Å². The number of hydrogen-bond acceptors (Lipinski definition) is 4. The van der Waals surface area contributed by atoms with Gasteiger partial charge in [-0.3, -0.25) is 0 Å². The van der Waals surface area contributed by atoms with Gasteiger partial charge in [0.05, 0.1) is 18.3 Å². The second-order valence-corrected chi connectivity index (χ2v) is 5.54. The van der Waals surface area contributed by atoms with Crippen LogP contribution in [-0.2, 0) is 4.74 Å². The second kappa shape index (κ2) is 4.26. The van der Waals surface area contributed by atoms with Gasteiger partial charge in [0.2, 0.25) is 0 Å². The Bertz CT molecular complexity index is 237. The molecular formula is C12H23NO3. The van der Waals surface area contributed by atoms with Crippen molar-refractivity contribution in [3.05, 3.63) is 0 Å². The Morgan fingerprint density at radius 2 is 1.88 bits per heavy atom. The van der Waals surface area contributed by atoms with Gasteiger partial charge < -0.3 is 19.8 Å². The first kappa shape index (κ1) is 12.3. The van der Waals surface area contributed by atoms with Crippen LogP contribution in [0.3, 0.4) is 0 Å². The van der Waals surface area contributed by atoms with Gasteiger partial charge in [-0.15, -0.1) is 0 Å². The minimum absolute atomic E-state index is 0.0765. The molecule has 1 aliphatic carbocycles. The van der Waals surface area contributed by atoms with E-state index in [-0.39, 0.29) is 18.1 Å². The van der Waals surface area contributed by atoms with E-state index in [4.69, 9.17) is 4.74 Å². The molecule has 0 radical (unpaired) electrons. The van der Waals surface area contributed by atoms with E-state index in [1.54, 1.807) is 7.11 Å². The van der Waals surface area contributed by atoms with Crippen molar-refractivity contribution in [2.45, 2.75) is 37.4 Å². The number of aliphatic hydroxyl groups excluding tert-OH is 1. The van der Waals surface area contributed by atoms with Crippen molar-refractivity contribution in [2.24, 2.45) is 5.41 Å². The molecule has 1 heterocycles. The van der Waals surface area contributed by atoms with Gasteiger partial charge in [-0.05, 0) is 32.7 Å². The first-order valence-electron chi connectivity index (χ1n) is 6.10. The van der Waals surface area contributed by atoms with Crippen LogP contribution >= 0.6 is 0 Å². The molecular weight excluding hydrogens is 206 g/mol. The van der Waals surface area contributed by atoms with Crippen LogP contribution in [0.2, 0.25) is 0 Å². The van der Waals surface area contributed by atoms with E-state index in [0.717, 1.165) is 38.8 Å². The van der Waals surface area contributed by atoms with Gasteiger partial charge in [-0.2, -0.15) is 0 Å². The van der Waals surface area contributed by atoms with Gasteiger partial charge in [0.25, 0.3) is 0 Å². The lowest BCUT2D eigenvalue weighted by molar-refractivity contribution is -0.212. The summed E-state index contributed by atoms with van der Waals surface area (Å²) in [4.78, 5) is 2.23.